The molecule has 4 aliphatic heterocycles. The summed E-state index contributed by atoms with van der Waals surface area (Å²) in [7, 11) is 0. The average Bonchev–Trinajstić information content (AvgIpc) is 3.76. The van der Waals surface area contributed by atoms with Crippen LogP contribution in [0, 0.1) is 0 Å². The molecule has 20 heteroatoms. The summed E-state index contributed by atoms with van der Waals surface area (Å²) in [6, 6.07) is 0. The molecular weight excluding hydrogens is 647 g/mol. The molecule has 4 aromatic heterocycles. The number of aliphatic hydroxyl groups is 1. The third-order valence-corrected chi connectivity index (χ3v) is 10.1. The van der Waals surface area contributed by atoms with Crippen molar-refractivity contribution in [2.45, 2.75) is 75.3 Å². The number of nitrogens with zero attached hydrogens (tertiary/aromatic N) is 7. The molecule has 0 aromatic carbocycles. The molecule has 2 bridgehead atoms. The maximum Gasteiger partial charge on any atom is 0.508 e. The van der Waals surface area contributed by atoms with Crippen molar-refractivity contribution in [2.75, 3.05) is 18.9 Å². The van der Waals surface area contributed by atoms with Crippen LogP contribution in [0.25, 0.3) is 22.2 Å². The lowest BCUT2D eigenvalue weighted by atomic mass is 10.1. The number of aryl methyl sites for hydroxylation is 1. The molecule has 4 N–H and O–H groups in total. The number of fused-ring (bicyclic) bond motifs is 4. The standard InChI is InChI=1S/C26H29N8O10PS/c1-11-2-3-12-5-33(22-17(12)24(40-11)31-9-29-22)16-4-13-14(41-16)6-38-26(36)43-20-19(35)15(7-39-45(37,46)44-13)42-25(20)34-10-32-18-21(27)28-8-30-23(18)34/h5,8-11,13-16,19-20,25,35H,2-4,6-7H2,1H3,(H,37,46)(H2,27,28,30)/t11-,13-,14+,15+,16+,19+,20+,25+,45?/m0/s1. The first-order chi connectivity index (χ1) is 22.1. The highest BCUT2D eigenvalue weighted by Crippen LogP contribution is 2.50. The van der Waals surface area contributed by atoms with Crippen LogP contribution in [0.1, 0.15) is 37.8 Å². The number of anilines is 1. The van der Waals surface area contributed by atoms with E-state index in [2.05, 4.69) is 24.9 Å². The molecule has 9 atom stereocenters. The van der Waals surface area contributed by atoms with E-state index < -0.39 is 55.8 Å². The van der Waals surface area contributed by atoms with E-state index in [9.17, 15) is 14.8 Å². The molecule has 4 aliphatic rings. The molecule has 244 valence electrons. The minimum atomic E-state index is -3.93. The molecule has 3 fully saturated rings. The number of nitrogens with two attached hydrogens (primary N) is 1. The third-order valence-electron chi connectivity index (χ3n) is 8.52. The van der Waals surface area contributed by atoms with Crippen molar-refractivity contribution in [1.82, 2.24) is 34.1 Å². The van der Waals surface area contributed by atoms with Crippen LogP contribution in [0.4, 0.5) is 10.6 Å². The maximum atomic E-state index is 13.0. The van der Waals surface area contributed by atoms with Crippen molar-refractivity contribution in [2.24, 2.45) is 0 Å². The first-order valence-electron chi connectivity index (χ1n) is 14.6. The zero-order valence-electron chi connectivity index (χ0n) is 24.2. The van der Waals surface area contributed by atoms with Crippen LogP contribution in [-0.2, 0) is 46.2 Å². The van der Waals surface area contributed by atoms with Crippen LogP contribution in [0.2, 0.25) is 0 Å². The van der Waals surface area contributed by atoms with Gasteiger partial charge in [-0.1, -0.05) is 0 Å². The minimum absolute atomic E-state index is 0.00497. The summed E-state index contributed by atoms with van der Waals surface area (Å²) in [4.78, 5) is 45.3. The highest BCUT2D eigenvalue weighted by atomic mass is 32.5. The van der Waals surface area contributed by atoms with Gasteiger partial charge in [0.05, 0.1) is 24.4 Å². The van der Waals surface area contributed by atoms with E-state index in [0.29, 0.717) is 17.0 Å². The van der Waals surface area contributed by atoms with Crippen molar-refractivity contribution in [3.8, 4) is 5.88 Å². The summed E-state index contributed by atoms with van der Waals surface area (Å²) in [5.41, 5.74) is 8.12. The van der Waals surface area contributed by atoms with Gasteiger partial charge < -0.3 is 53.0 Å². The second-order valence-electron chi connectivity index (χ2n) is 11.5. The largest absolute Gasteiger partial charge is 0.508 e. The van der Waals surface area contributed by atoms with Crippen molar-refractivity contribution >= 4 is 52.7 Å². The van der Waals surface area contributed by atoms with Crippen LogP contribution >= 0.6 is 6.72 Å². The number of ether oxygens (including phenoxy) is 5. The smallest absolute Gasteiger partial charge is 0.474 e. The number of rotatable bonds is 2. The van der Waals surface area contributed by atoms with Gasteiger partial charge in [0.25, 0.3) is 0 Å². The zero-order chi connectivity index (χ0) is 31.7. The Labute approximate surface area is 265 Å². The number of nitrogen functional groups attached to an aromatic ring is 1. The lowest BCUT2D eigenvalue weighted by Crippen LogP contribution is -2.37. The fourth-order valence-electron chi connectivity index (χ4n) is 6.30. The first-order valence-corrected chi connectivity index (χ1v) is 17.2. The Balaban J connectivity index is 1.07. The Hall–Kier alpha value is -3.55. The number of aromatic nitrogens is 7. The zero-order valence-corrected chi connectivity index (χ0v) is 25.9. The number of carbonyl (C=O) groups excluding carboxylic acids is 1. The molecule has 8 rings (SSSR count). The van der Waals surface area contributed by atoms with E-state index in [1.165, 1.54) is 23.5 Å². The Kier molecular flexibility index (Phi) is 7.33. The van der Waals surface area contributed by atoms with Gasteiger partial charge in [-0.05, 0) is 37.1 Å². The van der Waals surface area contributed by atoms with E-state index in [-0.39, 0.29) is 37.2 Å². The fraction of sp³-hybridized carbons (Fsp3) is 0.538. The van der Waals surface area contributed by atoms with Crippen molar-refractivity contribution in [3.05, 3.63) is 30.7 Å². The summed E-state index contributed by atoms with van der Waals surface area (Å²) >= 11 is 5.35. The van der Waals surface area contributed by atoms with Crippen LogP contribution in [-0.4, -0.2) is 100 Å². The minimum Gasteiger partial charge on any atom is -0.474 e. The number of carbonyl (C=O) groups is 1. The quantitative estimate of drug-likeness (QED) is 0.201. The van der Waals surface area contributed by atoms with Gasteiger partial charge in [-0.15, -0.1) is 0 Å². The lowest BCUT2D eigenvalue weighted by Gasteiger charge is -2.25. The van der Waals surface area contributed by atoms with Gasteiger partial charge in [0, 0.05) is 12.6 Å². The Morgan fingerprint density at radius 3 is 2.72 bits per heavy atom. The molecule has 18 nitrogen and oxygen atoms in total. The summed E-state index contributed by atoms with van der Waals surface area (Å²) in [6.45, 7) is -2.64. The predicted octanol–water partition coefficient (Wildman–Crippen LogP) is 1.27. The van der Waals surface area contributed by atoms with Gasteiger partial charge in [-0.25, -0.2) is 29.7 Å². The number of cyclic esters (lactones) is 1. The van der Waals surface area contributed by atoms with E-state index in [1.807, 2.05) is 17.7 Å². The van der Waals surface area contributed by atoms with Gasteiger partial charge in [0.15, 0.2) is 23.8 Å². The molecule has 8 heterocycles. The van der Waals surface area contributed by atoms with Crippen LogP contribution in [0.5, 0.6) is 5.88 Å². The second-order valence-corrected chi connectivity index (χ2v) is 14.3. The van der Waals surface area contributed by atoms with Gasteiger partial charge in [0.2, 0.25) is 5.88 Å². The topological polar surface area (TPSA) is 222 Å². The highest BCUT2D eigenvalue weighted by molar-refractivity contribution is 8.07. The van der Waals surface area contributed by atoms with Crippen LogP contribution in [0.15, 0.2) is 25.2 Å². The highest BCUT2D eigenvalue weighted by Gasteiger charge is 2.50. The summed E-state index contributed by atoms with van der Waals surface area (Å²) in [5, 5.41) is 11.9. The van der Waals surface area contributed by atoms with Crippen molar-refractivity contribution < 1.29 is 47.5 Å². The first kappa shape index (κ1) is 29.8. The molecule has 1 unspecified atom stereocenters. The summed E-state index contributed by atoms with van der Waals surface area (Å²) in [5.74, 6) is 0.634. The third kappa shape index (κ3) is 5.16. The SMILES string of the molecule is C[C@H]1CCc2cn([C@H]3C[C@@H]4OP(O)(=S)OC[C@H]5O[C@@H](n6cnc7c(N)ncnc76)[C@H](OC(=O)OC[C@H]4O3)[C@@H]5O)c3ncnc(c23)O1. The van der Waals surface area contributed by atoms with E-state index in [0.717, 1.165) is 23.8 Å². The maximum absolute atomic E-state index is 13.0. The van der Waals surface area contributed by atoms with Crippen LogP contribution in [0.3, 0.4) is 0 Å². The molecule has 0 amide bonds. The van der Waals surface area contributed by atoms with Crippen molar-refractivity contribution in [1.29, 1.82) is 0 Å². The predicted molar refractivity (Wildman–Crippen MR) is 158 cm³/mol. The molecule has 0 aliphatic carbocycles. The molecule has 0 saturated carbocycles. The molecule has 0 spiro atoms. The van der Waals surface area contributed by atoms with E-state index in [4.69, 9.17) is 50.3 Å². The molecule has 4 aromatic rings. The van der Waals surface area contributed by atoms with Gasteiger partial charge >= 0.3 is 12.9 Å². The van der Waals surface area contributed by atoms with Crippen LogP contribution < -0.4 is 10.5 Å². The number of aliphatic hydroxyl groups excluding tert-OH is 1. The number of imidazole rings is 1. The monoisotopic (exact) mass is 676 g/mol. The lowest BCUT2D eigenvalue weighted by molar-refractivity contribution is -0.0836. The summed E-state index contributed by atoms with van der Waals surface area (Å²) in [6.07, 6.45) is -0.541. The van der Waals surface area contributed by atoms with Gasteiger partial charge in [-0.3, -0.25) is 4.57 Å². The number of hydrogen-bond acceptors (Lipinski definition) is 16. The van der Waals surface area contributed by atoms with Gasteiger partial charge in [0.1, 0.15) is 61.1 Å². The Morgan fingerprint density at radius 1 is 1.02 bits per heavy atom. The molecule has 3 saturated heterocycles. The molecule has 46 heavy (non-hydrogen) atoms. The number of hydrogen-bond donors (Lipinski definition) is 3. The normalized spacial score (nSPS) is 34.9. The van der Waals surface area contributed by atoms with E-state index >= 15 is 0 Å². The van der Waals surface area contributed by atoms with Crippen molar-refractivity contribution in [3.63, 3.8) is 0 Å². The Bertz CT molecular complexity index is 1870. The van der Waals surface area contributed by atoms with Gasteiger partial charge in [-0.2, -0.15) is 0 Å². The Morgan fingerprint density at radius 2 is 1.85 bits per heavy atom. The average molecular weight is 677 g/mol. The molecular formula is C26H29N8O10PS. The summed E-state index contributed by atoms with van der Waals surface area (Å²) < 4.78 is 44.3. The second kappa shape index (κ2) is 11.3. The fourth-order valence-corrected chi connectivity index (χ4v) is 7.77. The molecule has 0 radical (unpaired) electrons. The van der Waals surface area contributed by atoms with E-state index in [1.54, 1.807) is 0 Å².